The average molecular weight is 510 g/mol. The van der Waals surface area contributed by atoms with Crippen molar-refractivity contribution in [3.63, 3.8) is 0 Å². The van der Waals surface area contributed by atoms with Gasteiger partial charge in [-0.3, -0.25) is 10.4 Å². The molecular weight excluding hydrogens is 482 g/mol. The van der Waals surface area contributed by atoms with Crippen molar-refractivity contribution in [2.75, 3.05) is 32.5 Å². The molecule has 5 N–H and O–H groups in total. The highest BCUT2D eigenvalue weighted by molar-refractivity contribution is 6.00. The number of aromatic hydroxyl groups is 1. The smallest absolute Gasteiger partial charge is 0.226 e. The molecule has 2 heterocycles. The van der Waals surface area contributed by atoms with Gasteiger partial charge < -0.3 is 30.5 Å². The third-order valence-corrected chi connectivity index (χ3v) is 5.95. The molecule has 0 atom stereocenters. The van der Waals surface area contributed by atoms with Crippen molar-refractivity contribution in [3.05, 3.63) is 83.9 Å². The molecule has 10 heteroatoms. The van der Waals surface area contributed by atoms with Crippen LogP contribution in [0.5, 0.6) is 29.0 Å². The van der Waals surface area contributed by atoms with Gasteiger partial charge in [-0.25, -0.2) is 0 Å². The van der Waals surface area contributed by atoms with Crippen LogP contribution in [0.1, 0.15) is 11.1 Å². The number of rotatable bonds is 8. The van der Waals surface area contributed by atoms with Crippen LogP contribution in [0.15, 0.2) is 77.8 Å². The van der Waals surface area contributed by atoms with Crippen molar-refractivity contribution in [1.82, 2.24) is 14.9 Å². The van der Waals surface area contributed by atoms with E-state index in [0.29, 0.717) is 17.1 Å². The predicted octanol–water partition coefficient (Wildman–Crippen LogP) is 4.45. The number of ether oxygens (including phenoxy) is 2. The number of benzene rings is 3. The molecule has 0 saturated carbocycles. The lowest BCUT2D eigenvalue weighted by molar-refractivity contribution is 0.397. The Morgan fingerprint density at radius 1 is 0.974 bits per heavy atom. The SMILES string of the molecule is CNc1cccc(-c2nc(Oc3cccc(C4=NCCN4C)c3)cc(Oc3cc(C(=N)N)ccc3O)n2)c1. The molecule has 0 radical (unpaired) electrons. The number of anilines is 1. The third-order valence-electron chi connectivity index (χ3n) is 5.95. The van der Waals surface area contributed by atoms with Crippen molar-refractivity contribution in [2.45, 2.75) is 0 Å². The molecule has 0 spiro atoms. The molecule has 0 fully saturated rings. The monoisotopic (exact) mass is 509 g/mol. The van der Waals surface area contributed by atoms with Crippen molar-refractivity contribution in [1.29, 1.82) is 5.41 Å². The van der Waals surface area contributed by atoms with Crippen LogP contribution in [0.4, 0.5) is 5.69 Å². The number of nitrogens with zero attached hydrogens (tertiary/aromatic N) is 4. The van der Waals surface area contributed by atoms with E-state index in [9.17, 15) is 5.11 Å². The van der Waals surface area contributed by atoms with E-state index >= 15 is 0 Å². The lowest BCUT2D eigenvalue weighted by atomic mass is 10.2. The Morgan fingerprint density at radius 3 is 2.47 bits per heavy atom. The minimum Gasteiger partial charge on any atom is -0.504 e. The first kappa shape index (κ1) is 24.6. The zero-order valence-electron chi connectivity index (χ0n) is 21.0. The van der Waals surface area contributed by atoms with Crippen LogP contribution in [0.3, 0.4) is 0 Å². The van der Waals surface area contributed by atoms with Gasteiger partial charge in [0, 0.05) is 43.0 Å². The molecular formula is C28H27N7O3. The Morgan fingerprint density at radius 2 is 1.74 bits per heavy atom. The summed E-state index contributed by atoms with van der Waals surface area (Å²) in [7, 11) is 3.84. The zero-order chi connectivity index (χ0) is 26.6. The van der Waals surface area contributed by atoms with Gasteiger partial charge >= 0.3 is 0 Å². The quantitative estimate of drug-likeness (QED) is 0.202. The number of hydrogen-bond donors (Lipinski definition) is 4. The van der Waals surface area contributed by atoms with Crippen molar-refractivity contribution in [2.24, 2.45) is 10.7 Å². The minimum absolute atomic E-state index is 0.0987. The van der Waals surface area contributed by atoms with Crippen LogP contribution in [0.25, 0.3) is 11.4 Å². The molecule has 0 amide bonds. The molecule has 1 aliphatic rings. The summed E-state index contributed by atoms with van der Waals surface area (Å²) < 4.78 is 12.1. The van der Waals surface area contributed by atoms with Crippen LogP contribution >= 0.6 is 0 Å². The first-order chi connectivity index (χ1) is 18.4. The van der Waals surface area contributed by atoms with Crippen LogP contribution in [-0.2, 0) is 0 Å². The highest BCUT2D eigenvalue weighted by Crippen LogP contribution is 2.34. The van der Waals surface area contributed by atoms with E-state index in [1.807, 2.05) is 62.6 Å². The van der Waals surface area contributed by atoms with Gasteiger partial charge in [0.05, 0.1) is 12.6 Å². The summed E-state index contributed by atoms with van der Waals surface area (Å²) in [4.78, 5) is 15.9. The summed E-state index contributed by atoms with van der Waals surface area (Å²) in [5, 5.41) is 21.2. The molecule has 0 unspecified atom stereocenters. The maximum atomic E-state index is 10.4. The van der Waals surface area contributed by atoms with Crippen LogP contribution in [0.2, 0.25) is 0 Å². The van der Waals surface area contributed by atoms with Gasteiger partial charge in [-0.05, 0) is 42.5 Å². The van der Waals surface area contributed by atoms with Gasteiger partial charge in [0.15, 0.2) is 17.3 Å². The molecule has 10 nitrogen and oxygen atoms in total. The van der Waals surface area contributed by atoms with Crippen LogP contribution < -0.4 is 20.5 Å². The third kappa shape index (κ3) is 5.34. The Labute approximate surface area is 219 Å². The molecule has 192 valence electrons. The minimum atomic E-state index is -0.150. The summed E-state index contributed by atoms with van der Waals surface area (Å²) in [5.41, 5.74) is 8.59. The molecule has 5 rings (SSSR count). The van der Waals surface area contributed by atoms with Crippen LogP contribution in [0, 0.1) is 5.41 Å². The number of nitrogens with one attached hydrogen (secondary N) is 2. The lowest BCUT2D eigenvalue weighted by Gasteiger charge is -2.15. The number of aromatic nitrogens is 2. The molecule has 4 aromatic rings. The maximum absolute atomic E-state index is 10.4. The summed E-state index contributed by atoms with van der Waals surface area (Å²) in [6, 6.07) is 21.2. The molecule has 1 aromatic heterocycles. The number of aliphatic imine (C=N–C) groups is 1. The second-order valence-electron chi connectivity index (χ2n) is 8.65. The highest BCUT2D eigenvalue weighted by atomic mass is 16.5. The number of nitrogen functional groups attached to an aromatic ring is 1. The molecule has 3 aromatic carbocycles. The van der Waals surface area contributed by atoms with E-state index in [2.05, 4.69) is 25.2 Å². The largest absolute Gasteiger partial charge is 0.504 e. The summed E-state index contributed by atoms with van der Waals surface area (Å²) in [6.45, 7) is 1.63. The Kier molecular flexibility index (Phi) is 6.77. The number of nitrogens with two attached hydrogens (primary N) is 1. The summed E-state index contributed by atoms with van der Waals surface area (Å²) in [5.74, 6) is 2.08. The van der Waals surface area contributed by atoms with E-state index in [1.54, 1.807) is 0 Å². The van der Waals surface area contributed by atoms with Crippen molar-refractivity contribution in [3.8, 4) is 40.4 Å². The molecule has 1 aliphatic heterocycles. The van der Waals surface area contributed by atoms with E-state index in [0.717, 1.165) is 35.7 Å². The first-order valence-corrected chi connectivity index (χ1v) is 12.0. The Bertz CT molecular complexity index is 1540. The standard InChI is InChI=1S/C28H27N7O3/c1-31-20-7-3-5-18(13-20)27-33-24(37-21-8-4-6-19(14-21)28-32-11-12-35(28)2)16-25(34-27)38-23-15-17(26(29)30)9-10-22(23)36/h3-10,13-16,31,36H,11-12H2,1-2H3,(H3,29,30). The number of phenols is 1. The Hall–Kier alpha value is -5.12. The van der Waals surface area contributed by atoms with Gasteiger partial charge in [0.25, 0.3) is 0 Å². The molecule has 0 aliphatic carbocycles. The number of hydrogen-bond acceptors (Lipinski definition) is 9. The van der Waals surface area contributed by atoms with E-state index < -0.39 is 0 Å². The zero-order valence-corrected chi connectivity index (χ0v) is 21.0. The van der Waals surface area contributed by atoms with Crippen LogP contribution in [-0.4, -0.2) is 58.8 Å². The first-order valence-electron chi connectivity index (χ1n) is 12.0. The molecule has 0 bridgehead atoms. The van der Waals surface area contributed by atoms with Crippen molar-refractivity contribution < 1.29 is 14.6 Å². The fraction of sp³-hybridized carbons (Fsp3) is 0.143. The van der Waals surface area contributed by atoms with Crippen molar-refractivity contribution >= 4 is 17.4 Å². The fourth-order valence-corrected chi connectivity index (χ4v) is 3.99. The summed E-state index contributed by atoms with van der Waals surface area (Å²) >= 11 is 0. The van der Waals surface area contributed by atoms with Gasteiger partial charge in [-0.1, -0.05) is 24.3 Å². The van der Waals surface area contributed by atoms with E-state index in [-0.39, 0.29) is 29.1 Å². The summed E-state index contributed by atoms with van der Waals surface area (Å²) in [6.07, 6.45) is 0. The van der Waals surface area contributed by atoms with Gasteiger partial charge in [0.2, 0.25) is 11.8 Å². The molecule has 0 saturated heterocycles. The highest BCUT2D eigenvalue weighted by Gasteiger charge is 2.17. The second kappa shape index (κ2) is 10.5. The molecule has 38 heavy (non-hydrogen) atoms. The Balaban J connectivity index is 1.53. The number of phenolic OH excluding ortho intramolecular Hbond substituents is 1. The van der Waals surface area contributed by atoms with Gasteiger partial charge in [0.1, 0.15) is 17.4 Å². The average Bonchev–Trinajstić information content (AvgIpc) is 3.35. The number of amidine groups is 2. The lowest BCUT2D eigenvalue weighted by Crippen LogP contribution is -2.23. The normalized spacial score (nSPS) is 12.7. The number of likely N-dealkylation sites (N-methyl/N-ethyl adjacent to an activating group) is 1. The second-order valence-corrected chi connectivity index (χ2v) is 8.65. The van der Waals surface area contributed by atoms with E-state index in [4.69, 9.17) is 20.6 Å². The van der Waals surface area contributed by atoms with Gasteiger partial charge in [-0.15, -0.1) is 0 Å². The van der Waals surface area contributed by atoms with E-state index in [1.165, 1.54) is 24.3 Å². The fourth-order valence-electron chi connectivity index (χ4n) is 3.99. The topological polar surface area (TPSA) is 142 Å². The predicted molar refractivity (Wildman–Crippen MR) is 147 cm³/mol. The maximum Gasteiger partial charge on any atom is 0.226 e. The van der Waals surface area contributed by atoms with Gasteiger partial charge in [-0.2, -0.15) is 9.97 Å².